The molecule has 1 saturated heterocycles. The van der Waals surface area contributed by atoms with Crippen LogP contribution in [0.1, 0.15) is 19.6 Å². The summed E-state index contributed by atoms with van der Waals surface area (Å²) in [5.74, 6) is -1.84. The lowest BCUT2D eigenvalue weighted by Crippen LogP contribution is -2.34. The van der Waals surface area contributed by atoms with Gasteiger partial charge in [0, 0.05) is 13.3 Å². The Balaban J connectivity index is 2.25. The lowest BCUT2D eigenvalue weighted by atomic mass is 10.2. The molecule has 0 aliphatic carbocycles. The van der Waals surface area contributed by atoms with E-state index in [0.717, 1.165) is 17.7 Å². The Labute approximate surface area is 135 Å². The molecule has 2 heterocycles. The smallest absolute Gasteiger partial charge is 0.330 e. The van der Waals surface area contributed by atoms with E-state index in [1.165, 1.54) is 0 Å². The summed E-state index contributed by atoms with van der Waals surface area (Å²) in [5.41, 5.74) is -2.10. The molecule has 10 nitrogen and oxygen atoms in total. The van der Waals surface area contributed by atoms with E-state index in [9.17, 15) is 27.2 Å². The molecule has 0 aromatic carbocycles. The zero-order chi connectivity index (χ0) is 18.1. The molecule has 2 rings (SSSR count). The van der Waals surface area contributed by atoms with Gasteiger partial charge in [-0.05, 0) is 0 Å². The summed E-state index contributed by atoms with van der Waals surface area (Å²) in [4.78, 5) is 35.7. The summed E-state index contributed by atoms with van der Waals surface area (Å²) in [5, 5.41) is 0. The first kappa shape index (κ1) is 18.3. The summed E-state index contributed by atoms with van der Waals surface area (Å²) in [6.45, 7) is 0.696. The maximum Gasteiger partial charge on any atom is 0.330 e. The predicted octanol–water partition coefficient (Wildman–Crippen LogP) is -1.13. The first-order chi connectivity index (χ1) is 11.1. The van der Waals surface area contributed by atoms with Crippen molar-refractivity contribution in [2.75, 3.05) is 12.9 Å². The van der Waals surface area contributed by atoms with Crippen LogP contribution in [0.3, 0.4) is 0 Å². The van der Waals surface area contributed by atoms with E-state index >= 15 is 0 Å². The van der Waals surface area contributed by atoms with Gasteiger partial charge in [0.25, 0.3) is 15.7 Å². The molecule has 1 aromatic heterocycles. The van der Waals surface area contributed by atoms with E-state index in [0.29, 0.717) is 6.20 Å². The third kappa shape index (κ3) is 4.49. The molecule has 1 aromatic rings. The zero-order valence-electron chi connectivity index (χ0n) is 12.7. The SMILES string of the molecule is CC(=O)O[C@H]1C[C@H](n2cc(F)c(=O)[nH]c2=O)O[C@@H]1COS(C)(=O)=O. The van der Waals surface area contributed by atoms with Crippen molar-refractivity contribution in [3.8, 4) is 0 Å². The van der Waals surface area contributed by atoms with Crippen LogP contribution in [-0.4, -0.2) is 49.0 Å². The Hall–Kier alpha value is -2.05. The number of carbonyl (C=O) groups is 1. The van der Waals surface area contributed by atoms with Crippen molar-refractivity contribution in [2.45, 2.75) is 31.8 Å². The highest BCUT2D eigenvalue weighted by Crippen LogP contribution is 2.30. The number of nitrogens with zero attached hydrogens (tertiary/aromatic N) is 1. The Kier molecular flexibility index (Phi) is 5.20. The van der Waals surface area contributed by atoms with Gasteiger partial charge in [0.15, 0.2) is 0 Å². The quantitative estimate of drug-likeness (QED) is 0.511. The van der Waals surface area contributed by atoms with E-state index in [1.807, 2.05) is 0 Å². The lowest BCUT2D eigenvalue weighted by Gasteiger charge is -2.17. The largest absolute Gasteiger partial charge is 0.460 e. The number of halogens is 1. The maximum atomic E-state index is 13.4. The van der Waals surface area contributed by atoms with Crippen LogP contribution < -0.4 is 11.2 Å². The molecule has 0 unspecified atom stereocenters. The van der Waals surface area contributed by atoms with E-state index in [1.54, 1.807) is 4.98 Å². The molecule has 1 aliphatic rings. The van der Waals surface area contributed by atoms with Gasteiger partial charge in [0.05, 0.1) is 19.1 Å². The molecular formula is C12H15FN2O8S. The molecule has 0 bridgehead atoms. The van der Waals surface area contributed by atoms with Crippen LogP contribution in [0, 0.1) is 5.82 Å². The van der Waals surface area contributed by atoms with Gasteiger partial charge in [0.2, 0.25) is 5.82 Å². The fourth-order valence-electron chi connectivity index (χ4n) is 2.22. The number of hydrogen-bond donors (Lipinski definition) is 1. The first-order valence-electron chi connectivity index (χ1n) is 6.75. The van der Waals surface area contributed by atoms with Crippen molar-refractivity contribution in [1.82, 2.24) is 9.55 Å². The molecule has 3 atom stereocenters. The summed E-state index contributed by atoms with van der Waals surface area (Å²) in [6, 6.07) is 0. The van der Waals surface area contributed by atoms with Crippen molar-refractivity contribution in [3.63, 3.8) is 0 Å². The van der Waals surface area contributed by atoms with E-state index < -0.39 is 58.2 Å². The average molecular weight is 366 g/mol. The minimum Gasteiger partial charge on any atom is -0.460 e. The molecule has 134 valence electrons. The van der Waals surface area contributed by atoms with Gasteiger partial charge in [-0.2, -0.15) is 12.8 Å². The summed E-state index contributed by atoms with van der Waals surface area (Å²) in [7, 11) is -3.76. The van der Waals surface area contributed by atoms with Gasteiger partial charge in [-0.3, -0.25) is 23.3 Å². The van der Waals surface area contributed by atoms with Crippen LogP contribution >= 0.6 is 0 Å². The highest BCUT2D eigenvalue weighted by atomic mass is 32.2. The van der Waals surface area contributed by atoms with Crippen molar-refractivity contribution in [2.24, 2.45) is 0 Å². The van der Waals surface area contributed by atoms with E-state index in [-0.39, 0.29) is 6.42 Å². The van der Waals surface area contributed by atoms with Crippen LogP contribution in [0.5, 0.6) is 0 Å². The molecule has 12 heteroatoms. The number of hydrogen-bond acceptors (Lipinski definition) is 8. The van der Waals surface area contributed by atoms with Gasteiger partial charge in [-0.1, -0.05) is 0 Å². The summed E-state index contributed by atoms with van der Waals surface area (Å²) >= 11 is 0. The van der Waals surface area contributed by atoms with Gasteiger partial charge >= 0.3 is 11.7 Å². The zero-order valence-corrected chi connectivity index (χ0v) is 13.5. The van der Waals surface area contributed by atoms with Crippen molar-refractivity contribution in [3.05, 3.63) is 32.9 Å². The normalized spacial score (nSPS) is 24.0. The van der Waals surface area contributed by atoms with E-state index in [2.05, 4.69) is 4.18 Å². The Morgan fingerprint density at radius 2 is 2.17 bits per heavy atom. The van der Waals surface area contributed by atoms with Crippen molar-refractivity contribution < 1.29 is 31.3 Å². The molecule has 1 fully saturated rings. The third-order valence-electron chi connectivity index (χ3n) is 3.18. The Morgan fingerprint density at radius 1 is 1.50 bits per heavy atom. The predicted molar refractivity (Wildman–Crippen MR) is 76.2 cm³/mol. The fourth-order valence-corrected chi connectivity index (χ4v) is 2.61. The number of esters is 1. The summed E-state index contributed by atoms with van der Waals surface area (Å²) < 4.78 is 51.4. The van der Waals surface area contributed by atoms with Gasteiger partial charge in [-0.25, -0.2) is 4.79 Å². The second kappa shape index (κ2) is 6.83. The van der Waals surface area contributed by atoms with Crippen molar-refractivity contribution >= 4 is 16.1 Å². The highest BCUT2D eigenvalue weighted by Gasteiger charge is 2.39. The number of aromatic amines is 1. The summed E-state index contributed by atoms with van der Waals surface area (Å²) in [6.07, 6.45) is -1.52. The maximum absolute atomic E-state index is 13.4. The standard InChI is InChI=1S/C12H15FN2O8S/c1-6(16)22-8-3-10(23-9(8)5-21-24(2,19)20)15-4-7(13)11(17)14-12(15)18/h4,8-10H,3,5H2,1-2H3,(H,14,17,18)/t8-,9+,10+/m0/s1. The molecule has 0 saturated carbocycles. The Bertz CT molecular complexity index is 845. The van der Waals surface area contributed by atoms with Gasteiger partial charge < -0.3 is 9.47 Å². The number of ether oxygens (including phenoxy) is 2. The number of nitrogens with one attached hydrogen (secondary N) is 1. The molecule has 1 N–H and O–H groups in total. The van der Waals surface area contributed by atoms with Crippen LogP contribution in [0.15, 0.2) is 15.8 Å². The van der Waals surface area contributed by atoms with E-state index in [4.69, 9.17) is 9.47 Å². The number of carbonyl (C=O) groups excluding carboxylic acids is 1. The van der Waals surface area contributed by atoms with Crippen molar-refractivity contribution in [1.29, 1.82) is 0 Å². The first-order valence-corrected chi connectivity index (χ1v) is 8.56. The lowest BCUT2D eigenvalue weighted by molar-refractivity contribution is -0.150. The molecule has 24 heavy (non-hydrogen) atoms. The van der Waals surface area contributed by atoms with Crippen LogP contribution in [0.2, 0.25) is 0 Å². The number of H-pyrrole nitrogens is 1. The third-order valence-corrected chi connectivity index (χ3v) is 3.74. The Morgan fingerprint density at radius 3 is 2.75 bits per heavy atom. The molecule has 0 spiro atoms. The fraction of sp³-hybridized carbons (Fsp3) is 0.583. The van der Waals surface area contributed by atoms with Crippen LogP contribution in [0.25, 0.3) is 0 Å². The highest BCUT2D eigenvalue weighted by molar-refractivity contribution is 7.85. The molecular weight excluding hydrogens is 351 g/mol. The second-order valence-corrected chi connectivity index (χ2v) is 6.79. The topological polar surface area (TPSA) is 134 Å². The molecule has 0 radical (unpaired) electrons. The van der Waals surface area contributed by atoms with Gasteiger partial charge in [-0.15, -0.1) is 0 Å². The minimum absolute atomic E-state index is 0.0528. The van der Waals surface area contributed by atoms with Crippen LogP contribution in [0.4, 0.5) is 4.39 Å². The van der Waals surface area contributed by atoms with Gasteiger partial charge in [0.1, 0.15) is 18.4 Å². The minimum atomic E-state index is -3.76. The molecule has 1 aliphatic heterocycles. The van der Waals surface area contributed by atoms with Crippen LogP contribution in [-0.2, 0) is 28.6 Å². The molecule has 0 amide bonds. The second-order valence-electron chi connectivity index (χ2n) is 5.14. The number of aromatic nitrogens is 2. The number of rotatable bonds is 5. The average Bonchev–Trinajstić information content (AvgIpc) is 2.82. The monoisotopic (exact) mass is 366 g/mol.